The van der Waals surface area contributed by atoms with Crippen LogP contribution in [0.25, 0.3) is 16.7 Å². The molecule has 6 heteroatoms. The molecule has 0 unspecified atom stereocenters. The number of carbonyl (C=O) groups excluding carboxylic acids is 1. The molecule has 0 saturated carbocycles. The van der Waals surface area contributed by atoms with Crippen molar-refractivity contribution in [2.45, 2.75) is 27.3 Å². The SMILES string of the molecule is Cc1cc(C)c(Cn2cc(C(O)=CC(=O)C(=O)O)c3cc(F)ccc32)c(C)c1. The van der Waals surface area contributed by atoms with Gasteiger partial charge in [0.2, 0.25) is 0 Å². The van der Waals surface area contributed by atoms with Crippen LogP contribution in [-0.2, 0) is 16.1 Å². The summed E-state index contributed by atoms with van der Waals surface area (Å²) >= 11 is 0. The molecule has 0 amide bonds. The quantitative estimate of drug-likeness (QED) is 0.392. The molecule has 28 heavy (non-hydrogen) atoms. The van der Waals surface area contributed by atoms with E-state index in [2.05, 4.69) is 12.1 Å². The summed E-state index contributed by atoms with van der Waals surface area (Å²) in [5, 5.41) is 19.4. The maximum Gasteiger partial charge on any atom is 0.376 e. The maximum atomic E-state index is 13.8. The second-order valence-electron chi connectivity index (χ2n) is 6.91. The zero-order chi connectivity index (χ0) is 20.6. The number of hydrogen-bond donors (Lipinski definition) is 2. The number of fused-ring (bicyclic) bond motifs is 1. The van der Waals surface area contributed by atoms with Gasteiger partial charge in [-0.25, -0.2) is 9.18 Å². The fourth-order valence-corrected chi connectivity index (χ4v) is 3.50. The number of carboxylic acid groups (broad SMARTS) is 1. The van der Waals surface area contributed by atoms with Crippen LogP contribution in [-0.4, -0.2) is 26.5 Å². The molecule has 5 nitrogen and oxygen atoms in total. The lowest BCUT2D eigenvalue weighted by molar-refractivity contribution is -0.146. The standard InChI is InChI=1S/C22H20FNO4/c1-12-6-13(2)17(14(3)7-12)10-24-11-18(20(25)9-21(26)22(27)28)16-8-15(23)4-5-19(16)24/h4-9,11,25H,10H2,1-3H3,(H,27,28). The average Bonchev–Trinajstić information content (AvgIpc) is 2.95. The summed E-state index contributed by atoms with van der Waals surface area (Å²) in [7, 11) is 0. The molecule has 0 fully saturated rings. The van der Waals surface area contributed by atoms with E-state index in [0.29, 0.717) is 23.5 Å². The number of carboxylic acids is 1. The third-order valence-electron chi connectivity index (χ3n) is 4.77. The summed E-state index contributed by atoms with van der Waals surface area (Å²) in [5.41, 5.74) is 5.35. The van der Waals surface area contributed by atoms with Gasteiger partial charge in [0.1, 0.15) is 11.6 Å². The van der Waals surface area contributed by atoms with Gasteiger partial charge in [0, 0.05) is 35.3 Å². The number of aliphatic carboxylic acids is 1. The van der Waals surface area contributed by atoms with Crippen LogP contribution in [0.3, 0.4) is 0 Å². The molecule has 0 bridgehead atoms. The van der Waals surface area contributed by atoms with Crippen LogP contribution in [0.5, 0.6) is 0 Å². The number of hydrogen-bond acceptors (Lipinski definition) is 3. The van der Waals surface area contributed by atoms with Crippen LogP contribution in [0, 0.1) is 26.6 Å². The molecule has 3 aromatic rings. The van der Waals surface area contributed by atoms with E-state index in [0.717, 1.165) is 22.3 Å². The first-order chi connectivity index (χ1) is 13.2. The fourth-order valence-electron chi connectivity index (χ4n) is 3.50. The molecule has 3 rings (SSSR count). The predicted octanol–water partition coefficient (Wildman–Crippen LogP) is 4.31. The van der Waals surface area contributed by atoms with Gasteiger partial charge in [0.15, 0.2) is 0 Å². The highest BCUT2D eigenvalue weighted by Crippen LogP contribution is 2.29. The van der Waals surface area contributed by atoms with Crippen LogP contribution in [0.1, 0.15) is 27.8 Å². The first-order valence-electron chi connectivity index (χ1n) is 8.70. The van der Waals surface area contributed by atoms with E-state index in [1.54, 1.807) is 12.3 Å². The van der Waals surface area contributed by atoms with Crippen molar-refractivity contribution in [3.8, 4) is 0 Å². The van der Waals surface area contributed by atoms with E-state index in [-0.39, 0.29) is 5.56 Å². The molecular formula is C22H20FNO4. The lowest BCUT2D eigenvalue weighted by Gasteiger charge is -2.13. The number of aliphatic hydroxyl groups is 1. The zero-order valence-corrected chi connectivity index (χ0v) is 15.8. The summed E-state index contributed by atoms with van der Waals surface area (Å²) < 4.78 is 15.7. The van der Waals surface area contributed by atoms with E-state index in [1.165, 1.54) is 12.1 Å². The highest BCUT2D eigenvalue weighted by Gasteiger charge is 2.17. The van der Waals surface area contributed by atoms with Gasteiger partial charge in [-0.1, -0.05) is 17.7 Å². The summed E-state index contributed by atoms with van der Waals surface area (Å²) in [6.07, 6.45) is 2.23. The lowest BCUT2D eigenvalue weighted by Crippen LogP contribution is -2.09. The summed E-state index contributed by atoms with van der Waals surface area (Å²) in [5.74, 6) is -3.93. The van der Waals surface area contributed by atoms with Crippen LogP contribution in [0.15, 0.2) is 42.6 Å². The molecule has 0 aliphatic carbocycles. The third-order valence-corrected chi connectivity index (χ3v) is 4.77. The normalized spacial score (nSPS) is 11.8. The minimum Gasteiger partial charge on any atom is -0.507 e. The van der Waals surface area contributed by atoms with Crippen molar-refractivity contribution in [3.63, 3.8) is 0 Å². The minimum atomic E-state index is -1.67. The molecule has 0 aliphatic heterocycles. The molecule has 2 N–H and O–H groups in total. The largest absolute Gasteiger partial charge is 0.507 e. The number of carbonyl (C=O) groups is 2. The molecule has 0 radical (unpaired) electrons. The number of aryl methyl sites for hydroxylation is 3. The summed E-state index contributed by atoms with van der Waals surface area (Å²) in [4.78, 5) is 22.2. The molecule has 144 valence electrons. The monoisotopic (exact) mass is 381 g/mol. The second kappa shape index (κ2) is 7.31. The number of benzene rings is 2. The predicted molar refractivity (Wildman–Crippen MR) is 105 cm³/mol. The van der Waals surface area contributed by atoms with Crippen molar-refractivity contribution in [2.75, 3.05) is 0 Å². The second-order valence-corrected chi connectivity index (χ2v) is 6.91. The Bertz CT molecular complexity index is 1120. The Morgan fingerprint density at radius 3 is 2.32 bits per heavy atom. The number of rotatable bonds is 5. The van der Waals surface area contributed by atoms with E-state index in [9.17, 15) is 19.1 Å². The highest BCUT2D eigenvalue weighted by molar-refractivity contribution is 6.38. The number of aliphatic hydroxyl groups excluding tert-OH is 1. The Balaban J connectivity index is 2.15. The third kappa shape index (κ3) is 3.67. The van der Waals surface area contributed by atoms with E-state index >= 15 is 0 Å². The number of aromatic nitrogens is 1. The maximum absolute atomic E-state index is 13.8. The molecule has 2 aromatic carbocycles. The van der Waals surface area contributed by atoms with E-state index in [4.69, 9.17) is 5.11 Å². The molecule has 0 atom stereocenters. The Morgan fingerprint density at radius 2 is 1.71 bits per heavy atom. The van der Waals surface area contributed by atoms with Gasteiger partial charge in [-0.05, 0) is 55.7 Å². The van der Waals surface area contributed by atoms with Crippen molar-refractivity contribution >= 4 is 28.4 Å². The van der Waals surface area contributed by atoms with Crippen molar-refractivity contribution < 1.29 is 24.2 Å². The summed E-state index contributed by atoms with van der Waals surface area (Å²) in [6, 6.07) is 8.33. The average molecular weight is 381 g/mol. The van der Waals surface area contributed by atoms with Gasteiger partial charge in [-0.2, -0.15) is 0 Å². The number of ketones is 1. The molecule has 1 aromatic heterocycles. The lowest BCUT2D eigenvalue weighted by atomic mass is 10.00. The molecular weight excluding hydrogens is 361 g/mol. The van der Waals surface area contributed by atoms with Gasteiger partial charge in [-0.15, -0.1) is 0 Å². The Labute approximate surface area is 161 Å². The first kappa shape index (κ1) is 19.4. The highest BCUT2D eigenvalue weighted by atomic mass is 19.1. The Hall–Kier alpha value is -3.41. The van der Waals surface area contributed by atoms with Crippen LogP contribution < -0.4 is 0 Å². The minimum absolute atomic E-state index is 0.200. The molecule has 0 spiro atoms. The van der Waals surface area contributed by atoms with Gasteiger partial charge in [-0.3, -0.25) is 4.79 Å². The van der Waals surface area contributed by atoms with Crippen molar-refractivity contribution in [1.29, 1.82) is 0 Å². The van der Waals surface area contributed by atoms with Crippen LogP contribution in [0.4, 0.5) is 4.39 Å². The van der Waals surface area contributed by atoms with Crippen LogP contribution in [0.2, 0.25) is 0 Å². The topological polar surface area (TPSA) is 79.5 Å². The smallest absolute Gasteiger partial charge is 0.376 e. The molecule has 0 saturated heterocycles. The van der Waals surface area contributed by atoms with Crippen molar-refractivity contribution in [3.05, 3.63) is 76.2 Å². The van der Waals surface area contributed by atoms with Gasteiger partial charge >= 0.3 is 5.97 Å². The summed E-state index contributed by atoms with van der Waals surface area (Å²) in [6.45, 7) is 6.55. The Morgan fingerprint density at radius 1 is 1.07 bits per heavy atom. The van der Waals surface area contributed by atoms with Crippen molar-refractivity contribution in [1.82, 2.24) is 4.57 Å². The van der Waals surface area contributed by atoms with E-state index in [1.807, 2.05) is 25.3 Å². The van der Waals surface area contributed by atoms with Crippen molar-refractivity contribution in [2.24, 2.45) is 0 Å². The molecule has 0 aliphatic rings. The number of nitrogens with zero attached hydrogens (tertiary/aromatic N) is 1. The van der Waals surface area contributed by atoms with Gasteiger partial charge in [0.05, 0.1) is 0 Å². The Kier molecular flexibility index (Phi) is 5.05. The number of halogens is 1. The van der Waals surface area contributed by atoms with E-state index < -0.39 is 23.3 Å². The van der Waals surface area contributed by atoms with Crippen LogP contribution >= 0.6 is 0 Å². The van der Waals surface area contributed by atoms with Gasteiger partial charge < -0.3 is 14.8 Å². The fraction of sp³-hybridized carbons (Fsp3) is 0.182. The van der Waals surface area contributed by atoms with Gasteiger partial charge in [0.25, 0.3) is 5.78 Å². The zero-order valence-electron chi connectivity index (χ0n) is 15.8. The molecule has 1 heterocycles. The first-order valence-corrected chi connectivity index (χ1v) is 8.70.